The molecule has 5 nitrogen and oxygen atoms in total. The smallest absolute Gasteiger partial charge is 0.324 e. The molecule has 0 aliphatic heterocycles. The minimum atomic E-state index is -4.56. The number of rotatable bonds is 8. The summed E-state index contributed by atoms with van der Waals surface area (Å²) < 4.78 is 40.0. The van der Waals surface area contributed by atoms with E-state index in [1.807, 2.05) is 19.0 Å². The van der Waals surface area contributed by atoms with Crippen LogP contribution in [-0.4, -0.2) is 42.1 Å². The zero-order chi connectivity index (χ0) is 19.2. The van der Waals surface area contributed by atoms with Crippen molar-refractivity contribution >= 4 is 23.2 Å². The summed E-state index contributed by atoms with van der Waals surface area (Å²) in [5, 5.41) is 6.20. The van der Waals surface area contributed by atoms with Crippen molar-refractivity contribution in [2.24, 2.45) is 0 Å². The van der Waals surface area contributed by atoms with Crippen molar-refractivity contribution in [3.63, 3.8) is 0 Å². The monoisotopic (exact) mass is 387 g/mol. The summed E-state index contributed by atoms with van der Waals surface area (Å²) in [6.45, 7) is 1.52. The Morgan fingerprint density at radius 2 is 2.00 bits per heavy atom. The lowest BCUT2D eigenvalue weighted by molar-refractivity contribution is -0.141. The van der Waals surface area contributed by atoms with Gasteiger partial charge in [-0.15, -0.1) is 0 Å². The van der Waals surface area contributed by atoms with E-state index in [0.717, 1.165) is 13.0 Å². The zero-order valence-corrected chi connectivity index (χ0v) is 15.3. The molecule has 0 unspecified atom stereocenters. The lowest BCUT2D eigenvalue weighted by Gasteiger charge is -2.14. The molecule has 0 atom stereocenters. The van der Waals surface area contributed by atoms with Gasteiger partial charge in [0.25, 0.3) is 0 Å². The minimum absolute atomic E-state index is 0.0130. The molecule has 2 N–H and O–H groups in total. The molecule has 0 amide bonds. The van der Waals surface area contributed by atoms with Gasteiger partial charge in [0, 0.05) is 29.0 Å². The van der Waals surface area contributed by atoms with Gasteiger partial charge in [0.05, 0.1) is 0 Å². The van der Waals surface area contributed by atoms with Crippen LogP contribution in [0.25, 0.3) is 0 Å². The van der Waals surface area contributed by atoms with Crippen LogP contribution >= 0.6 is 11.6 Å². The summed E-state index contributed by atoms with van der Waals surface area (Å²) >= 11 is 5.87. The number of anilines is 2. The molecule has 0 spiro atoms. The van der Waals surface area contributed by atoms with Crippen LogP contribution in [0.3, 0.4) is 0 Å². The highest BCUT2D eigenvalue weighted by molar-refractivity contribution is 6.30. The van der Waals surface area contributed by atoms with Crippen molar-refractivity contribution in [1.82, 2.24) is 20.2 Å². The van der Waals surface area contributed by atoms with Gasteiger partial charge < -0.3 is 15.5 Å². The zero-order valence-electron chi connectivity index (χ0n) is 14.6. The molecule has 2 rings (SSSR count). The molecule has 0 radical (unpaired) electrons. The van der Waals surface area contributed by atoms with Crippen LogP contribution in [0.4, 0.5) is 24.8 Å². The normalized spacial score (nSPS) is 11.8. The Morgan fingerprint density at radius 1 is 1.23 bits per heavy atom. The molecular weight excluding hydrogens is 367 g/mol. The predicted molar refractivity (Wildman–Crippen MR) is 96.6 cm³/mol. The lowest BCUT2D eigenvalue weighted by atomic mass is 10.2. The first-order chi connectivity index (χ1) is 12.3. The Bertz CT molecular complexity index is 722. The predicted octanol–water partition coefficient (Wildman–Crippen LogP) is 3.93. The number of halogens is 4. The van der Waals surface area contributed by atoms with E-state index in [-0.39, 0.29) is 18.1 Å². The Hall–Kier alpha value is -1.90. The molecule has 142 valence electrons. The van der Waals surface area contributed by atoms with E-state index in [1.165, 1.54) is 6.20 Å². The largest absolute Gasteiger partial charge is 0.433 e. The molecule has 0 aliphatic carbocycles. The second-order valence-electron chi connectivity index (χ2n) is 6.03. The van der Waals surface area contributed by atoms with E-state index >= 15 is 0 Å². The fraction of sp³-hybridized carbons (Fsp3) is 0.412. The quantitative estimate of drug-likeness (QED) is 0.672. The summed E-state index contributed by atoms with van der Waals surface area (Å²) in [4.78, 5) is 9.67. The van der Waals surface area contributed by atoms with E-state index in [0.29, 0.717) is 17.3 Å². The van der Waals surface area contributed by atoms with Gasteiger partial charge in [-0.1, -0.05) is 17.7 Å². The molecule has 9 heteroatoms. The molecule has 0 bridgehead atoms. The number of aromatic nitrogens is 2. The number of alkyl halides is 3. The van der Waals surface area contributed by atoms with Crippen LogP contribution in [0.1, 0.15) is 17.7 Å². The first kappa shape index (κ1) is 20.4. The first-order valence-corrected chi connectivity index (χ1v) is 8.44. The SMILES string of the molecule is CN(C)CCCNCc1cnc(Nc2cccc(Cl)c2)nc1C(F)(F)F. The minimum Gasteiger partial charge on any atom is -0.324 e. The van der Waals surface area contributed by atoms with E-state index in [4.69, 9.17) is 11.6 Å². The summed E-state index contributed by atoms with van der Waals surface area (Å²) in [5.41, 5.74) is -0.420. The van der Waals surface area contributed by atoms with Crippen LogP contribution in [-0.2, 0) is 12.7 Å². The molecule has 0 saturated carbocycles. The maximum Gasteiger partial charge on any atom is 0.433 e. The molecule has 0 saturated heterocycles. The molecule has 0 fully saturated rings. The molecule has 1 heterocycles. The molecule has 1 aromatic carbocycles. The van der Waals surface area contributed by atoms with Gasteiger partial charge in [0.15, 0.2) is 5.69 Å². The number of nitrogens with one attached hydrogen (secondary N) is 2. The van der Waals surface area contributed by atoms with E-state index in [1.54, 1.807) is 24.3 Å². The van der Waals surface area contributed by atoms with Crippen LogP contribution in [0.2, 0.25) is 5.02 Å². The molecule has 0 aliphatic rings. The van der Waals surface area contributed by atoms with Crippen molar-refractivity contribution in [1.29, 1.82) is 0 Å². The number of hydrogen-bond donors (Lipinski definition) is 2. The van der Waals surface area contributed by atoms with Crippen LogP contribution in [0.15, 0.2) is 30.5 Å². The fourth-order valence-corrected chi connectivity index (χ4v) is 2.47. The molecule has 1 aromatic heterocycles. The van der Waals surface area contributed by atoms with Gasteiger partial charge in [-0.3, -0.25) is 0 Å². The molecular formula is C17H21ClF3N5. The van der Waals surface area contributed by atoms with E-state index in [2.05, 4.69) is 20.6 Å². The van der Waals surface area contributed by atoms with Crippen molar-refractivity contribution in [3.05, 3.63) is 46.7 Å². The third-order valence-corrected chi connectivity index (χ3v) is 3.72. The van der Waals surface area contributed by atoms with Gasteiger partial charge in [-0.05, 0) is 51.8 Å². The van der Waals surface area contributed by atoms with Crippen molar-refractivity contribution in [3.8, 4) is 0 Å². The summed E-state index contributed by atoms with van der Waals surface area (Å²) in [5.74, 6) is -0.129. The third kappa shape index (κ3) is 6.44. The maximum absolute atomic E-state index is 13.3. The van der Waals surface area contributed by atoms with Crippen molar-refractivity contribution in [2.45, 2.75) is 19.1 Å². The topological polar surface area (TPSA) is 53.1 Å². The highest BCUT2D eigenvalue weighted by atomic mass is 35.5. The van der Waals surface area contributed by atoms with Gasteiger partial charge in [0.1, 0.15) is 0 Å². The highest BCUT2D eigenvalue weighted by Gasteiger charge is 2.36. The second kappa shape index (κ2) is 9.16. The van der Waals surface area contributed by atoms with Gasteiger partial charge in [-0.2, -0.15) is 13.2 Å². The van der Waals surface area contributed by atoms with Gasteiger partial charge in [0.2, 0.25) is 5.95 Å². The highest BCUT2D eigenvalue weighted by Crippen LogP contribution is 2.31. The van der Waals surface area contributed by atoms with E-state index < -0.39 is 11.9 Å². The number of hydrogen-bond acceptors (Lipinski definition) is 5. The second-order valence-corrected chi connectivity index (χ2v) is 6.47. The van der Waals surface area contributed by atoms with E-state index in [9.17, 15) is 13.2 Å². The van der Waals surface area contributed by atoms with Crippen molar-refractivity contribution < 1.29 is 13.2 Å². The Morgan fingerprint density at radius 3 is 2.65 bits per heavy atom. The Labute approximate surface area is 155 Å². The summed E-state index contributed by atoms with van der Waals surface area (Å²) in [6.07, 6.45) is -2.53. The third-order valence-electron chi connectivity index (χ3n) is 3.49. The molecule has 26 heavy (non-hydrogen) atoms. The average molecular weight is 388 g/mol. The Balaban J connectivity index is 2.09. The number of benzene rings is 1. The standard InChI is InChI=1S/C17H21ClF3N5/c1-26(2)8-4-7-22-10-12-11-23-16(25-15(12)17(19,20)21)24-14-6-3-5-13(18)9-14/h3,5-6,9,11,22H,4,7-8,10H2,1-2H3,(H,23,24,25). The van der Waals surface area contributed by atoms with Crippen molar-refractivity contribution in [2.75, 3.05) is 32.5 Å². The maximum atomic E-state index is 13.3. The number of nitrogens with zero attached hydrogens (tertiary/aromatic N) is 3. The molecule has 2 aromatic rings. The average Bonchev–Trinajstić information content (AvgIpc) is 2.54. The van der Waals surface area contributed by atoms with Gasteiger partial charge >= 0.3 is 6.18 Å². The fourth-order valence-electron chi connectivity index (χ4n) is 2.28. The Kier molecular flexibility index (Phi) is 7.19. The first-order valence-electron chi connectivity index (χ1n) is 8.07. The van der Waals surface area contributed by atoms with Crippen LogP contribution in [0.5, 0.6) is 0 Å². The van der Waals surface area contributed by atoms with Crippen LogP contribution < -0.4 is 10.6 Å². The summed E-state index contributed by atoms with van der Waals surface area (Å²) in [7, 11) is 3.89. The van der Waals surface area contributed by atoms with Crippen LogP contribution in [0, 0.1) is 0 Å². The van der Waals surface area contributed by atoms with Gasteiger partial charge in [-0.25, -0.2) is 9.97 Å². The lowest BCUT2D eigenvalue weighted by Crippen LogP contribution is -2.23. The summed E-state index contributed by atoms with van der Waals surface area (Å²) in [6, 6.07) is 6.60.